The monoisotopic (exact) mass is 231 g/mol. The van der Waals surface area contributed by atoms with Crippen LogP contribution >= 0.6 is 0 Å². The van der Waals surface area contributed by atoms with Crippen molar-refractivity contribution in [2.24, 2.45) is 5.92 Å². The summed E-state index contributed by atoms with van der Waals surface area (Å²) < 4.78 is 14.9. The van der Waals surface area contributed by atoms with Crippen LogP contribution in [0, 0.1) is 5.92 Å². The molecule has 1 fully saturated rings. The third-order valence-corrected chi connectivity index (χ3v) is 3.00. The molecule has 0 aromatic rings. The van der Waals surface area contributed by atoms with Gasteiger partial charge < -0.3 is 19.5 Å². The minimum Gasteiger partial charge on any atom is -0.469 e. The Labute approximate surface area is 94.2 Å². The van der Waals surface area contributed by atoms with Gasteiger partial charge in [-0.05, 0) is 6.92 Å². The van der Waals surface area contributed by atoms with Crippen LogP contribution in [0.2, 0.25) is 0 Å². The fourth-order valence-corrected chi connectivity index (χ4v) is 1.81. The van der Waals surface area contributed by atoms with Gasteiger partial charge in [-0.3, -0.25) is 9.59 Å². The van der Waals surface area contributed by atoms with Gasteiger partial charge >= 0.3 is 5.97 Å². The molecule has 1 heterocycles. The minimum absolute atomic E-state index is 0.120. The number of carbonyl (C=O) groups excluding carboxylic acids is 2. The van der Waals surface area contributed by atoms with E-state index in [4.69, 9.17) is 9.47 Å². The summed E-state index contributed by atoms with van der Waals surface area (Å²) in [6.45, 7) is 1.67. The lowest BCUT2D eigenvalue weighted by Gasteiger charge is -2.45. The highest BCUT2D eigenvalue weighted by molar-refractivity contribution is 5.88. The number of rotatable bonds is 5. The molecule has 1 rings (SSSR count). The van der Waals surface area contributed by atoms with Crippen LogP contribution in [-0.2, 0) is 23.8 Å². The molecule has 16 heavy (non-hydrogen) atoms. The van der Waals surface area contributed by atoms with E-state index in [2.05, 4.69) is 10.1 Å². The van der Waals surface area contributed by atoms with Crippen molar-refractivity contribution in [3.63, 3.8) is 0 Å². The summed E-state index contributed by atoms with van der Waals surface area (Å²) in [5.41, 5.74) is 0. The molecule has 0 spiro atoms. The van der Waals surface area contributed by atoms with Gasteiger partial charge in [-0.1, -0.05) is 0 Å². The van der Waals surface area contributed by atoms with Crippen molar-refractivity contribution < 1.29 is 23.8 Å². The standard InChI is InChI=1S/C10H17NO5/c1-10(15-3,16-4)8-6(11-9(8)13)5-7(12)14-2/h6,8H,5H2,1-4H3,(H,11,13)/t6-,8+/m0/s1. The molecule has 0 saturated carbocycles. The van der Waals surface area contributed by atoms with E-state index in [1.807, 2.05) is 0 Å². The quantitative estimate of drug-likeness (QED) is 0.398. The van der Waals surface area contributed by atoms with Gasteiger partial charge in [0.05, 0.1) is 19.6 Å². The first-order chi connectivity index (χ1) is 7.48. The normalized spacial score (nSPS) is 24.6. The first-order valence-electron chi connectivity index (χ1n) is 4.96. The minimum atomic E-state index is -1.01. The lowest BCUT2D eigenvalue weighted by atomic mass is 9.81. The topological polar surface area (TPSA) is 73.9 Å². The van der Waals surface area contributed by atoms with Gasteiger partial charge in [0.25, 0.3) is 0 Å². The average molecular weight is 231 g/mol. The van der Waals surface area contributed by atoms with Crippen molar-refractivity contribution in [2.75, 3.05) is 21.3 Å². The average Bonchev–Trinajstić information content (AvgIpc) is 2.27. The summed E-state index contributed by atoms with van der Waals surface area (Å²) in [5.74, 6) is -2.06. The number of β-lactam (4-membered cyclic amide) rings is 1. The molecule has 2 atom stereocenters. The van der Waals surface area contributed by atoms with E-state index in [9.17, 15) is 9.59 Å². The Morgan fingerprint density at radius 2 is 1.94 bits per heavy atom. The maximum Gasteiger partial charge on any atom is 0.307 e. The number of ether oxygens (including phenoxy) is 3. The first kappa shape index (κ1) is 12.9. The van der Waals surface area contributed by atoms with Crippen molar-refractivity contribution >= 4 is 11.9 Å². The Hall–Kier alpha value is -1.14. The zero-order valence-electron chi connectivity index (χ0n) is 9.90. The van der Waals surface area contributed by atoms with E-state index in [-0.39, 0.29) is 24.3 Å². The van der Waals surface area contributed by atoms with Crippen LogP contribution in [0.3, 0.4) is 0 Å². The highest BCUT2D eigenvalue weighted by Crippen LogP contribution is 2.32. The molecule has 1 saturated heterocycles. The number of carbonyl (C=O) groups is 2. The van der Waals surface area contributed by atoms with Gasteiger partial charge in [0.2, 0.25) is 5.91 Å². The SMILES string of the molecule is COC(=O)C[C@@H]1NC(=O)[C@@H]1C(C)(OC)OC. The maximum absolute atomic E-state index is 11.5. The Morgan fingerprint density at radius 1 is 1.38 bits per heavy atom. The van der Waals surface area contributed by atoms with Gasteiger partial charge in [-0.2, -0.15) is 0 Å². The molecule has 0 aromatic heterocycles. The van der Waals surface area contributed by atoms with Crippen LogP contribution in [0.4, 0.5) is 0 Å². The summed E-state index contributed by atoms with van der Waals surface area (Å²) in [6, 6.07) is -0.301. The number of methoxy groups -OCH3 is 3. The van der Waals surface area contributed by atoms with E-state index in [1.165, 1.54) is 21.3 Å². The largest absolute Gasteiger partial charge is 0.469 e. The zero-order chi connectivity index (χ0) is 12.3. The Morgan fingerprint density at radius 3 is 2.31 bits per heavy atom. The molecule has 0 aromatic carbocycles. The Balaban J connectivity index is 2.70. The van der Waals surface area contributed by atoms with Crippen molar-refractivity contribution in [2.45, 2.75) is 25.2 Å². The third kappa shape index (κ3) is 2.17. The molecule has 1 N–H and O–H groups in total. The van der Waals surface area contributed by atoms with Crippen LogP contribution in [0.25, 0.3) is 0 Å². The van der Waals surface area contributed by atoms with Crippen molar-refractivity contribution in [1.29, 1.82) is 0 Å². The van der Waals surface area contributed by atoms with Crippen LogP contribution in [0.1, 0.15) is 13.3 Å². The number of amides is 1. The number of hydrogen-bond acceptors (Lipinski definition) is 5. The van der Waals surface area contributed by atoms with Gasteiger partial charge in [0.1, 0.15) is 5.92 Å². The van der Waals surface area contributed by atoms with Crippen molar-refractivity contribution in [3.8, 4) is 0 Å². The predicted octanol–water partition coefficient (Wildman–Crippen LogP) is -0.327. The maximum atomic E-state index is 11.5. The van der Waals surface area contributed by atoms with E-state index in [1.54, 1.807) is 6.92 Å². The molecular weight excluding hydrogens is 214 g/mol. The van der Waals surface area contributed by atoms with E-state index >= 15 is 0 Å². The summed E-state index contributed by atoms with van der Waals surface area (Å²) in [4.78, 5) is 22.6. The Kier molecular flexibility index (Phi) is 3.88. The van der Waals surface area contributed by atoms with Crippen LogP contribution in [-0.4, -0.2) is 45.0 Å². The second kappa shape index (κ2) is 4.80. The summed E-state index contributed by atoms with van der Waals surface area (Å²) >= 11 is 0. The zero-order valence-corrected chi connectivity index (χ0v) is 9.90. The molecule has 6 nitrogen and oxygen atoms in total. The van der Waals surface area contributed by atoms with Crippen molar-refractivity contribution in [3.05, 3.63) is 0 Å². The lowest BCUT2D eigenvalue weighted by molar-refractivity contribution is -0.241. The van der Waals surface area contributed by atoms with Crippen LogP contribution < -0.4 is 5.32 Å². The van der Waals surface area contributed by atoms with Crippen LogP contribution in [0.15, 0.2) is 0 Å². The highest BCUT2D eigenvalue weighted by Gasteiger charge is 2.52. The fraction of sp³-hybridized carbons (Fsp3) is 0.800. The second-order valence-corrected chi connectivity index (χ2v) is 3.80. The molecule has 1 aliphatic rings. The first-order valence-corrected chi connectivity index (χ1v) is 4.96. The lowest BCUT2D eigenvalue weighted by Crippen LogP contribution is -2.67. The fourth-order valence-electron chi connectivity index (χ4n) is 1.81. The molecule has 92 valence electrons. The van der Waals surface area contributed by atoms with E-state index in [0.717, 1.165) is 0 Å². The third-order valence-electron chi connectivity index (χ3n) is 3.00. The summed E-state index contributed by atoms with van der Waals surface area (Å²) in [5, 5.41) is 2.63. The number of nitrogens with one attached hydrogen (secondary N) is 1. The van der Waals surface area contributed by atoms with E-state index in [0.29, 0.717) is 0 Å². The van der Waals surface area contributed by atoms with E-state index < -0.39 is 11.7 Å². The molecule has 6 heteroatoms. The predicted molar refractivity (Wildman–Crippen MR) is 54.5 cm³/mol. The van der Waals surface area contributed by atoms with Gasteiger partial charge in [-0.25, -0.2) is 0 Å². The number of esters is 1. The molecule has 0 bridgehead atoms. The van der Waals surface area contributed by atoms with Crippen LogP contribution in [0.5, 0.6) is 0 Å². The highest BCUT2D eigenvalue weighted by atomic mass is 16.7. The van der Waals surface area contributed by atoms with Gasteiger partial charge in [0.15, 0.2) is 5.79 Å². The van der Waals surface area contributed by atoms with Gasteiger partial charge in [0, 0.05) is 14.2 Å². The molecule has 1 amide bonds. The molecule has 0 radical (unpaired) electrons. The second-order valence-electron chi connectivity index (χ2n) is 3.80. The van der Waals surface area contributed by atoms with Gasteiger partial charge in [-0.15, -0.1) is 0 Å². The Bertz CT molecular complexity index is 287. The molecule has 0 aliphatic carbocycles. The molecular formula is C10H17NO5. The summed E-state index contributed by atoms with van der Waals surface area (Å²) in [7, 11) is 4.23. The smallest absolute Gasteiger partial charge is 0.307 e. The molecule has 0 unspecified atom stereocenters. The summed E-state index contributed by atoms with van der Waals surface area (Å²) in [6.07, 6.45) is 0.120. The molecule has 1 aliphatic heterocycles. The number of hydrogen-bond donors (Lipinski definition) is 1. The van der Waals surface area contributed by atoms with Crippen molar-refractivity contribution in [1.82, 2.24) is 5.32 Å².